The molecule has 2 aromatic carbocycles. The van der Waals surface area contributed by atoms with Crippen LogP contribution < -0.4 is 4.90 Å². The molecule has 0 N–H and O–H groups in total. The molecule has 0 saturated carbocycles. The van der Waals surface area contributed by atoms with Crippen LogP contribution in [-0.2, 0) is 5.41 Å². The molecular formula is C16H20IN. The lowest BCUT2D eigenvalue weighted by atomic mass is 9.79. The maximum atomic E-state index is 2.40. The quantitative estimate of drug-likeness (QED) is 0.627. The summed E-state index contributed by atoms with van der Waals surface area (Å²) in [7, 11) is 2.20. The molecule has 3 rings (SSSR count). The van der Waals surface area contributed by atoms with Gasteiger partial charge in [-0.05, 0) is 29.3 Å². The number of likely N-dealkylation sites (N-methyl/N-ethyl adjacent to an activating group) is 1. The largest absolute Gasteiger partial charge is 0.371 e. The summed E-state index contributed by atoms with van der Waals surface area (Å²) in [6.07, 6.45) is 0. The second kappa shape index (κ2) is 4.41. The van der Waals surface area contributed by atoms with Crippen molar-refractivity contribution in [3.63, 3.8) is 0 Å². The molecular weight excluding hydrogens is 333 g/mol. The Morgan fingerprint density at radius 3 is 2.44 bits per heavy atom. The second-order valence-electron chi connectivity index (χ2n) is 5.69. The van der Waals surface area contributed by atoms with E-state index < -0.39 is 0 Å². The van der Waals surface area contributed by atoms with Gasteiger partial charge >= 0.3 is 0 Å². The highest BCUT2D eigenvalue weighted by Crippen LogP contribution is 2.47. The number of anilines is 1. The van der Waals surface area contributed by atoms with Gasteiger partial charge in [-0.1, -0.05) is 44.2 Å². The standard InChI is InChI=1S/C16H19N.HI/c1-11-16(2,3)15-13-8-6-5-7-12(13)9-10-14(15)17(11)4;/h5-11H,1-4H3;1H. The van der Waals surface area contributed by atoms with Gasteiger partial charge in [0, 0.05) is 24.2 Å². The Balaban J connectivity index is 0.00000120. The molecule has 18 heavy (non-hydrogen) atoms. The average molecular weight is 353 g/mol. The average Bonchev–Trinajstić information content (AvgIpc) is 2.51. The Labute approximate surface area is 126 Å². The summed E-state index contributed by atoms with van der Waals surface area (Å²) in [5, 5.41) is 2.76. The van der Waals surface area contributed by atoms with Crippen LogP contribution in [0.2, 0.25) is 0 Å². The number of hydrogen-bond donors (Lipinski definition) is 0. The van der Waals surface area contributed by atoms with Gasteiger partial charge < -0.3 is 4.90 Å². The number of benzene rings is 2. The van der Waals surface area contributed by atoms with Gasteiger partial charge in [-0.25, -0.2) is 0 Å². The van der Waals surface area contributed by atoms with Crippen molar-refractivity contribution in [3.05, 3.63) is 42.0 Å². The molecule has 0 fully saturated rings. The zero-order chi connectivity index (χ0) is 12.2. The van der Waals surface area contributed by atoms with Crippen LogP contribution in [0.3, 0.4) is 0 Å². The Morgan fingerprint density at radius 1 is 1.06 bits per heavy atom. The van der Waals surface area contributed by atoms with E-state index in [-0.39, 0.29) is 29.4 Å². The number of halogens is 1. The van der Waals surface area contributed by atoms with Crippen molar-refractivity contribution < 1.29 is 0 Å². The third-order valence-electron chi connectivity index (χ3n) is 4.56. The molecule has 0 amide bonds. The van der Waals surface area contributed by atoms with E-state index in [2.05, 4.69) is 69.1 Å². The van der Waals surface area contributed by atoms with Gasteiger partial charge in [-0.3, -0.25) is 0 Å². The fraction of sp³-hybridized carbons (Fsp3) is 0.375. The van der Waals surface area contributed by atoms with Crippen LogP contribution >= 0.6 is 24.0 Å². The first-order valence-corrected chi connectivity index (χ1v) is 6.28. The number of fused-ring (bicyclic) bond motifs is 3. The smallest absolute Gasteiger partial charge is 0.0411 e. The summed E-state index contributed by atoms with van der Waals surface area (Å²) >= 11 is 0. The summed E-state index contributed by atoms with van der Waals surface area (Å²) < 4.78 is 0. The minimum absolute atomic E-state index is 0. The molecule has 0 radical (unpaired) electrons. The molecule has 0 bridgehead atoms. The van der Waals surface area contributed by atoms with E-state index >= 15 is 0 Å². The van der Waals surface area contributed by atoms with Gasteiger partial charge in [-0.2, -0.15) is 0 Å². The van der Waals surface area contributed by atoms with E-state index in [0.717, 1.165) is 0 Å². The SMILES string of the molecule is CC1N(C)c2ccc3ccccc3c2C1(C)C.I. The Bertz CT molecular complexity index is 589. The highest BCUT2D eigenvalue weighted by molar-refractivity contribution is 14.0. The monoisotopic (exact) mass is 353 g/mol. The molecule has 0 aromatic heterocycles. The van der Waals surface area contributed by atoms with Crippen LogP contribution in [0.5, 0.6) is 0 Å². The first-order chi connectivity index (χ1) is 8.03. The van der Waals surface area contributed by atoms with Crippen molar-refractivity contribution in [2.45, 2.75) is 32.2 Å². The fourth-order valence-corrected chi connectivity index (χ4v) is 3.13. The highest BCUT2D eigenvalue weighted by Gasteiger charge is 2.41. The molecule has 1 aliphatic heterocycles. The summed E-state index contributed by atoms with van der Waals surface area (Å²) in [6, 6.07) is 13.8. The highest BCUT2D eigenvalue weighted by atomic mass is 127. The normalized spacial score (nSPS) is 20.7. The predicted octanol–water partition coefficient (Wildman–Crippen LogP) is 4.57. The molecule has 1 nitrogen and oxygen atoms in total. The van der Waals surface area contributed by atoms with E-state index in [0.29, 0.717) is 6.04 Å². The van der Waals surface area contributed by atoms with Crippen LogP contribution in [-0.4, -0.2) is 13.1 Å². The van der Waals surface area contributed by atoms with Crippen LogP contribution in [0.1, 0.15) is 26.3 Å². The lowest BCUT2D eigenvalue weighted by Gasteiger charge is -2.28. The van der Waals surface area contributed by atoms with E-state index in [9.17, 15) is 0 Å². The third kappa shape index (κ3) is 1.65. The molecule has 0 saturated heterocycles. The van der Waals surface area contributed by atoms with E-state index in [4.69, 9.17) is 0 Å². The molecule has 2 aromatic rings. The van der Waals surface area contributed by atoms with Crippen molar-refractivity contribution in [1.82, 2.24) is 0 Å². The molecule has 0 spiro atoms. The Morgan fingerprint density at radius 2 is 1.72 bits per heavy atom. The van der Waals surface area contributed by atoms with E-state index in [1.807, 2.05) is 0 Å². The molecule has 1 unspecified atom stereocenters. The van der Waals surface area contributed by atoms with E-state index in [1.54, 1.807) is 0 Å². The van der Waals surface area contributed by atoms with Gasteiger partial charge in [0.05, 0.1) is 0 Å². The summed E-state index contributed by atoms with van der Waals surface area (Å²) in [5.41, 5.74) is 3.11. The van der Waals surface area contributed by atoms with Crippen LogP contribution in [0.15, 0.2) is 36.4 Å². The Kier molecular flexibility index (Phi) is 3.34. The minimum atomic E-state index is 0. The predicted molar refractivity (Wildman–Crippen MR) is 90.3 cm³/mol. The molecule has 1 heterocycles. The van der Waals surface area contributed by atoms with Gasteiger partial charge in [-0.15, -0.1) is 24.0 Å². The molecule has 1 atom stereocenters. The Hall–Kier alpha value is -0.770. The van der Waals surface area contributed by atoms with E-state index in [1.165, 1.54) is 22.0 Å². The van der Waals surface area contributed by atoms with Gasteiger partial charge in [0.1, 0.15) is 0 Å². The molecule has 2 heteroatoms. The van der Waals surface area contributed by atoms with Gasteiger partial charge in [0.25, 0.3) is 0 Å². The molecule has 1 aliphatic rings. The van der Waals surface area contributed by atoms with Crippen molar-refractivity contribution in [2.75, 3.05) is 11.9 Å². The van der Waals surface area contributed by atoms with Crippen molar-refractivity contribution in [1.29, 1.82) is 0 Å². The summed E-state index contributed by atoms with van der Waals surface area (Å²) in [5.74, 6) is 0. The zero-order valence-electron chi connectivity index (χ0n) is 11.4. The third-order valence-corrected chi connectivity index (χ3v) is 4.56. The lowest BCUT2D eigenvalue weighted by molar-refractivity contribution is 0.457. The summed E-state index contributed by atoms with van der Waals surface area (Å²) in [4.78, 5) is 2.40. The van der Waals surface area contributed by atoms with Crippen molar-refractivity contribution in [2.24, 2.45) is 0 Å². The van der Waals surface area contributed by atoms with Crippen molar-refractivity contribution in [3.8, 4) is 0 Å². The van der Waals surface area contributed by atoms with Crippen LogP contribution in [0, 0.1) is 0 Å². The topological polar surface area (TPSA) is 3.24 Å². The second-order valence-corrected chi connectivity index (χ2v) is 5.69. The minimum Gasteiger partial charge on any atom is -0.371 e. The molecule has 96 valence electrons. The molecule has 0 aliphatic carbocycles. The van der Waals surface area contributed by atoms with Crippen LogP contribution in [0.4, 0.5) is 5.69 Å². The maximum absolute atomic E-state index is 2.40. The summed E-state index contributed by atoms with van der Waals surface area (Å²) in [6.45, 7) is 7.02. The van der Waals surface area contributed by atoms with Gasteiger partial charge in [0.2, 0.25) is 0 Å². The first kappa shape index (κ1) is 13.7. The number of hydrogen-bond acceptors (Lipinski definition) is 1. The number of rotatable bonds is 0. The number of nitrogens with zero attached hydrogens (tertiary/aromatic N) is 1. The fourth-order valence-electron chi connectivity index (χ4n) is 3.13. The zero-order valence-corrected chi connectivity index (χ0v) is 13.7. The lowest BCUT2D eigenvalue weighted by Crippen LogP contribution is -2.36. The first-order valence-electron chi connectivity index (χ1n) is 6.28. The van der Waals surface area contributed by atoms with Crippen molar-refractivity contribution >= 4 is 40.4 Å². The van der Waals surface area contributed by atoms with Crippen LogP contribution in [0.25, 0.3) is 10.8 Å². The maximum Gasteiger partial charge on any atom is 0.0411 e. The van der Waals surface area contributed by atoms with Gasteiger partial charge in [0.15, 0.2) is 0 Å².